The van der Waals surface area contributed by atoms with E-state index in [1.54, 1.807) is 23.1 Å². The Kier molecular flexibility index (Phi) is 4.52. The summed E-state index contributed by atoms with van der Waals surface area (Å²) >= 11 is 1.43. The molecular formula is C20H17N3O3S. The van der Waals surface area contributed by atoms with Crippen LogP contribution in [0.2, 0.25) is 0 Å². The Labute approximate surface area is 160 Å². The number of para-hydroxylation sites is 2. The molecule has 0 saturated carbocycles. The summed E-state index contributed by atoms with van der Waals surface area (Å²) in [4.78, 5) is 26.9. The minimum atomic E-state index is -0.366. The summed E-state index contributed by atoms with van der Waals surface area (Å²) in [6, 6.07) is 15.8. The number of hydrogen-bond acceptors (Lipinski definition) is 4. The van der Waals surface area contributed by atoms with Gasteiger partial charge in [0.25, 0.3) is 5.91 Å². The predicted octanol–water partition coefficient (Wildman–Crippen LogP) is 5.16. The number of carbonyl (C=O) groups excluding carboxylic acids is 2. The van der Waals surface area contributed by atoms with Gasteiger partial charge in [-0.05, 0) is 54.8 Å². The van der Waals surface area contributed by atoms with Gasteiger partial charge < -0.3 is 15.0 Å². The van der Waals surface area contributed by atoms with Crippen molar-refractivity contribution in [1.29, 1.82) is 0 Å². The summed E-state index contributed by atoms with van der Waals surface area (Å²) < 4.78 is 5.96. The van der Waals surface area contributed by atoms with Crippen LogP contribution >= 0.6 is 11.3 Å². The maximum atomic E-state index is 13.0. The minimum absolute atomic E-state index is 0.167. The Morgan fingerprint density at radius 2 is 1.93 bits per heavy atom. The number of ether oxygens (including phenoxy) is 1. The van der Waals surface area contributed by atoms with Crippen molar-refractivity contribution in [1.82, 2.24) is 0 Å². The van der Waals surface area contributed by atoms with Gasteiger partial charge in [-0.15, -0.1) is 11.3 Å². The van der Waals surface area contributed by atoms with E-state index in [9.17, 15) is 9.59 Å². The first-order valence-electron chi connectivity index (χ1n) is 8.50. The molecule has 1 aliphatic heterocycles. The van der Waals surface area contributed by atoms with Crippen LogP contribution < -0.4 is 20.3 Å². The van der Waals surface area contributed by atoms with Crippen molar-refractivity contribution in [2.75, 3.05) is 22.1 Å². The molecule has 27 heavy (non-hydrogen) atoms. The molecule has 3 aromatic rings. The zero-order valence-electron chi connectivity index (χ0n) is 14.6. The highest BCUT2D eigenvalue weighted by atomic mass is 32.1. The molecular weight excluding hydrogens is 362 g/mol. The maximum absolute atomic E-state index is 13.0. The van der Waals surface area contributed by atoms with Crippen molar-refractivity contribution < 1.29 is 14.3 Å². The molecule has 0 bridgehead atoms. The summed E-state index contributed by atoms with van der Waals surface area (Å²) in [5.74, 6) is 0.926. The molecule has 7 heteroatoms. The summed E-state index contributed by atoms with van der Waals surface area (Å²) in [6.45, 7) is 2.42. The Bertz CT molecular complexity index is 1000. The van der Waals surface area contributed by atoms with Crippen LogP contribution in [0.4, 0.5) is 21.2 Å². The van der Waals surface area contributed by atoms with E-state index in [1.165, 1.54) is 11.3 Å². The number of hydrogen-bond donors (Lipinski definition) is 2. The Hall–Kier alpha value is -3.32. The van der Waals surface area contributed by atoms with Gasteiger partial charge >= 0.3 is 6.03 Å². The summed E-state index contributed by atoms with van der Waals surface area (Å²) in [6.07, 6.45) is 0. The van der Waals surface area contributed by atoms with Crippen LogP contribution in [-0.2, 0) is 0 Å². The first kappa shape index (κ1) is 17.1. The lowest BCUT2D eigenvalue weighted by Crippen LogP contribution is -2.29. The lowest BCUT2D eigenvalue weighted by Gasteiger charge is -2.19. The Morgan fingerprint density at radius 3 is 2.70 bits per heavy atom. The standard InChI is InChI=1S/C20H17N3O3S/c1-2-23-15-6-3-4-7-17(15)26-16-10-9-13(12-14(16)19(23)24)21-20(25)22-18-8-5-11-27-18/h3-12H,2H2,1H3,(H2,21,22,25). The average Bonchev–Trinajstić information content (AvgIpc) is 3.13. The fraction of sp³-hybridized carbons (Fsp3) is 0.100. The normalized spacial score (nSPS) is 12.5. The molecule has 1 aliphatic rings. The van der Waals surface area contributed by atoms with E-state index in [4.69, 9.17) is 4.74 Å². The molecule has 2 heterocycles. The van der Waals surface area contributed by atoms with Crippen LogP contribution in [0.5, 0.6) is 11.5 Å². The number of rotatable bonds is 3. The van der Waals surface area contributed by atoms with Crippen LogP contribution in [0.25, 0.3) is 0 Å². The van der Waals surface area contributed by atoms with Gasteiger partial charge in [-0.2, -0.15) is 0 Å². The lowest BCUT2D eigenvalue weighted by atomic mass is 10.1. The second-order valence-corrected chi connectivity index (χ2v) is 6.83. The van der Waals surface area contributed by atoms with Gasteiger partial charge in [-0.25, -0.2) is 4.79 Å². The van der Waals surface area contributed by atoms with E-state index in [0.717, 1.165) is 10.7 Å². The maximum Gasteiger partial charge on any atom is 0.324 e. The number of nitrogens with one attached hydrogen (secondary N) is 2. The first-order chi connectivity index (χ1) is 13.2. The number of amides is 3. The monoisotopic (exact) mass is 379 g/mol. The van der Waals surface area contributed by atoms with Gasteiger partial charge in [-0.3, -0.25) is 10.1 Å². The molecule has 4 rings (SSSR count). The average molecular weight is 379 g/mol. The molecule has 0 radical (unpaired) electrons. The highest BCUT2D eigenvalue weighted by molar-refractivity contribution is 7.14. The van der Waals surface area contributed by atoms with Gasteiger partial charge in [0.2, 0.25) is 0 Å². The van der Waals surface area contributed by atoms with Crippen molar-refractivity contribution in [3.05, 3.63) is 65.5 Å². The van der Waals surface area contributed by atoms with E-state index in [1.807, 2.05) is 48.7 Å². The van der Waals surface area contributed by atoms with Crippen molar-refractivity contribution in [3.63, 3.8) is 0 Å². The highest BCUT2D eigenvalue weighted by Crippen LogP contribution is 2.39. The number of anilines is 3. The van der Waals surface area contributed by atoms with E-state index in [-0.39, 0.29) is 11.9 Å². The summed E-state index contributed by atoms with van der Waals surface area (Å²) in [7, 11) is 0. The third kappa shape index (κ3) is 3.37. The zero-order chi connectivity index (χ0) is 18.8. The molecule has 136 valence electrons. The van der Waals surface area contributed by atoms with E-state index in [2.05, 4.69) is 10.6 Å². The van der Waals surface area contributed by atoms with Gasteiger partial charge in [-0.1, -0.05) is 12.1 Å². The number of nitrogens with zero attached hydrogens (tertiary/aromatic N) is 1. The third-order valence-electron chi connectivity index (χ3n) is 4.16. The molecule has 1 aromatic heterocycles. The third-order valence-corrected chi connectivity index (χ3v) is 4.95. The van der Waals surface area contributed by atoms with Crippen LogP contribution in [0.3, 0.4) is 0 Å². The van der Waals surface area contributed by atoms with Crippen LogP contribution in [0, 0.1) is 0 Å². The smallest absolute Gasteiger partial charge is 0.324 e. The lowest BCUT2D eigenvalue weighted by molar-refractivity contribution is 0.0988. The molecule has 0 fully saturated rings. The quantitative estimate of drug-likeness (QED) is 0.660. The largest absolute Gasteiger partial charge is 0.454 e. The number of fused-ring (bicyclic) bond motifs is 2. The molecule has 0 unspecified atom stereocenters. The van der Waals surface area contributed by atoms with Gasteiger partial charge in [0, 0.05) is 12.2 Å². The number of urea groups is 1. The van der Waals surface area contributed by atoms with Crippen molar-refractivity contribution in [2.45, 2.75) is 6.92 Å². The number of carbonyl (C=O) groups is 2. The molecule has 6 nitrogen and oxygen atoms in total. The molecule has 0 saturated heterocycles. The predicted molar refractivity (Wildman–Crippen MR) is 107 cm³/mol. The SMILES string of the molecule is CCN1C(=O)c2cc(NC(=O)Nc3cccs3)ccc2Oc2ccccc21. The highest BCUT2D eigenvalue weighted by Gasteiger charge is 2.27. The fourth-order valence-electron chi connectivity index (χ4n) is 2.94. The van der Waals surface area contributed by atoms with Crippen LogP contribution in [0.1, 0.15) is 17.3 Å². The van der Waals surface area contributed by atoms with Crippen LogP contribution in [-0.4, -0.2) is 18.5 Å². The number of thiophene rings is 1. The molecule has 0 spiro atoms. The fourth-order valence-corrected chi connectivity index (χ4v) is 3.55. The van der Waals surface area contributed by atoms with Crippen LogP contribution in [0.15, 0.2) is 60.0 Å². The summed E-state index contributed by atoms with van der Waals surface area (Å²) in [5.41, 5.74) is 1.65. The Morgan fingerprint density at radius 1 is 1.07 bits per heavy atom. The zero-order valence-corrected chi connectivity index (χ0v) is 15.4. The second-order valence-electron chi connectivity index (χ2n) is 5.89. The molecule has 0 aliphatic carbocycles. The van der Waals surface area contributed by atoms with Crippen molar-refractivity contribution in [3.8, 4) is 11.5 Å². The van der Waals surface area contributed by atoms with Crippen molar-refractivity contribution >= 4 is 39.7 Å². The van der Waals surface area contributed by atoms with Gasteiger partial charge in [0.05, 0.1) is 16.3 Å². The first-order valence-corrected chi connectivity index (χ1v) is 9.38. The number of benzene rings is 2. The summed E-state index contributed by atoms with van der Waals surface area (Å²) in [5, 5.41) is 8.13. The molecule has 3 amide bonds. The van der Waals surface area contributed by atoms with E-state index < -0.39 is 0 Å². The van der Waals surface area contributed by atoms with Crippen molar-refractivity contribution in [2.24, 2.45) is 0 Å². The van der Waals surface area contributed by atoms with Gasteiger partial charge in [0.15, 0.2) is 5.75 Å². The molecule has 0 atom stereocenters. The molecule has 2 aromatic carbocycles. The Balaban J connectivity index is 1.63. The van der Waals surface area contributed by atoms with E-state index >= 15 is 0 Å². The van der Waals surface area contributed by atoms with E-state index in [0.29, 0.717) is 29.3 Å². The second kappa shape index (κ2) is 7.13. The topological polar surface area (TPSA) is 70.7 Å². The minimum Gasteiger partial charge on any atom is -0.454 e. The molecule has 2 N–H and O–H groups in total. The van der Waals surface area contributed by atoms with Gasteiger partial charge in [0.1, 0.15) is 5.75 Å².